The summed E-state index contributed by atoms with van der Waals surface area (Å²) in [5, 5.41) is 11.6. The van der Waals surface area contributed by atoms with Gasteiger partial charge in [-0.1, -0.05) is 62.4 Å². The molecule has 0 saturated carbocycles. The van der Waals surface area contributed by atoms with Crippen molar-refractivity contribution in [3.63, 3.8) is 0 Å². The zero-order valence-corrected chi connectivity index (χ0v) is 17.7. The number of hydrogen-bond donors (Lipinski definition) is 1. The molecule has 1 atom stereocenters. The molecule has 0 spiro atoms. The Morgan fingerprint density at radius 3 is 2.42 bits per heavy atom. The summed E-state index contributed by atoms with van der Waals surface area (Å²) >= 11 is 0. The fourth-order valence-electron chi connectivity index (χ4n) is 4.11. The molecule has 0 saturated heterocycles. The van der Waals surface area contributed by atoms with E-state index in [4.69, 9.17) is 4.42 Å². The summed E-state index contributed by atoms with van der Waals surface area (Å²) < 4.78 is 5.75. The van der Waals surface area contributed by atoms with Crippen LogP contribution in [0.1, 0.15) is 36.0 Å². The highest BCUT2D eigenvalue weighted by atomic mass is 16.3. The number of hydrogen-bond acceptors (Lipinski definition) is 5. The van der Waals surface area contributed by atoms with Crippen molar-refractivity contribution in [1.82, 2.24) is 9.80 Å². The molecule has 3 aromatic rings. The molecule has 1 aromatic heterocycles. The predicted octanol–water partition coefficient (Wildman–Crippen LogP) is 4.35. The number of amides is 1. The Hall–Kier alpha value is -3.38. The first-order valence-corrected chi connectivity index (χ1v) is 10.6. The van der Waals surface area contributed by atoms with E-state index in [1.807, 2.05) is 48.5 Å². The van der Waals surface area contributed by atoms with Gasteiger partial charge in [0.1, 0.15) is 5.58 Å². The number of para-hydroxylation sites is 1. The molecule has 1 N–H and O–H groups in total. The van der Waals surface area contributed by atoms with Gasteiger partial charge < -0.3 is 19.3 Å². The van der Waals surface area contributed by atoms with Gasteiger partial charge in [0.25, 0.3) is 5.91 Å². The average molecular weight is 418 g/mol. The van der Waals surface area contributed by atoms with E-state index >= 15 is 0 Å². The van der Waals surface area contributed by atoms with Gasteiger partial charge in [-0.15, -0.1) is 0 Å². The number of nitrogens with zero attached hydrogens (tertiary/aromatic N) is 2. The fourth-order valence-corrected chi connectivity index (χ4v) is 4.11. The number of benzene rings is 2. The highest BCUT2D eigenvalue weighted by Crippen LogP contribution is 2.39. The molecule has 1 aliphatic rings. The maximum atomic E-state index is 13.5. The number of Topliss-reactive ketones (excluding diaryl/α,β-unsaturated/α-hetero) is 1. The minimum atomic E-state index is -0.662. The predicted molar refractivity (Wildman–Crippen MR) is 119 cm³/mol. The molecule has 160 valence electrons. The first kappa shape index (κ1) is 20.9. The van der Waals surface area contributed by atoms with Crippen LogP contribution in [0, 0.1) is 0 Å². The van der Waals surface area contributed by atoms with Crippen LogP contribution in [-0.2, 0) is 4.79 Å². The maximum Gasteiger partial charge on any atom is 0.290 e. The summed E-state index contributed by atoms with van der Waals surface area (Å²) in [6, 6.07) is 17.7. The normalized spacial score (nSPS) is 16.7. The van der Waals surface area contributed by atoms with E-state index in [9.17, 15) is 14.7 Å². The fraction of sp³-hybridized carbons (Fsp3) is 0.280. The number of ketones is 1. The number of carbonyl (C=O) groups is 2. The van der Waals surface area contributed by atoms with Crippen LogP contribution in [-0.4, -0.2) is 52.8 Å². The Morgan fingerprint density at radius 1 is 1.06 bits per heavy atom. The van der Waals surface area contributed by atoms with Crippen LogP contribution < -0.4 is 0 Å². The minimum absolute atomic E-state index is 0.0646. The quantitative estimate of drug-likeness (QED) is 0.551. The van der Waals surface area contributed by atoms with E-state index in [1.54, 1.807) is 17.0 Å². The Bertz CT molecular complexity index is 1100. The molecule has 0 radical (unpaired) electrons. The summed E-state index contributed by atoms with van der Waals surface area (Å²) in [5.74, 6) is -1.39. The van der Waals surface area contributed by atoms with Crippen LogP contribution in [0.25, 0.3) is 11.0 Å². The van der Waals surface area contributed by atoms with Gasteiger partial charge in [-0.05, 0) is 30.8 Å². The van der Waals surface area contributed by atoms with Gasteiger partial charge in [0.15, 0.2) is 11.5 Å². The first-order chi connectivity index (χ1) is 15.0. The van der Waals surface area contributed by atoms with Gasteiger partial charge in [0, 0.05) is 18.5 Å². The molecule has 4 rings (SSSR count). The zero-order valence-electron chi connectivity index (χ0n) is 17.7. The maximum absolute atomic E-state index is 13.5. The zero-order chi connectivity index (χ0) is 22.0. The SMILES string of the molecule is CCN(CC)CCN1C(=O)C(O)=C(C(=O)c2cc3ccccc3o2)[C@H]1c1ccccc1. The molecule has 1 amide bonds. The van der Waals surface area contributed by atoms with Gasteiger partial charge in [-0.25, -0.2) is 0 Å². The first-order valence-electron chi connectivity index (χ1n) is 10.6. The van der Waals surface area contributed by atoms with Crippen molar-refractivity contribution in [1.29, 1.82) is 0 Å². The minimum Gasteiger partial charge on any atom is -0.503 e. The number of aliphatic hydroxyl groups is 1. The van der Waals surface area contributed by atoms with Gasteiger partial charge >= 0.3 is 0 Å². The number of furan rings is 1. The van der Waals surface area contributed by atoms with Crippen molar-refractivity contribution in [3.8, 4) is 0 Å². The highest BCUT2D eigenvalue weighted by Gasteiger charge is 2.44. The Balaban J connectivity index is 1.73. The van der Waals surface area contributed by atoms with Crippen LogP contribution in [0.4, 0.5) is 0 Å². The number of rotatable bonds is 8. The van der Waals surface area contributed by atoms with E-state index in [1.165, 1.54) is 0 Å². The second kappa shape index (κ2) is 8.78. The van der Waals surface area contributed by atoms with Gasteiger partial charge in [0.05, 0.1) is 11.6 Å². The molecular weight excluding hydrogens is 392 g/mol. The molecule has 2 heterocycles. The molecular formula is C25H26N2O4. The molecule has 0 unspecified atom stereocenters. The summed E-state index contributed by atoms with van der Waals surface area (Å²) in [5.41, 5.74) is 1.43. The monoisotopic (exact) mass is 418 g/mol. The summed E-state index contributed by atoms with van der Waals surface area (Å²) in [6.07, 6.45) is 0. The van der Waals surface area contributed by atoms with Crippen LogP contribution >= 0.6 is 0 Å². The van der Waals surface area contributed by atoms with E-state index < -0.39 is 23.5 Å². The Labute approximate surface area is 181 Å². The summed E-state index contributed by atoms with van der Waals surface area (Å²) in [4.78, 5) is 30.2. The van der Waals surface area contributed by atoms with Crippen molar-refractivity contribution >= 4 is 22.7 Å². The van der Waals surface area contributed by atoms with E-state index in [0.29, 0.717) is 18.7 Å². The largest absolute Gasteiger partial charge is 0.503 e. The van der Waals surface area contributed by atoms with E-state index in [-0.39, 0.29) is 11.3 Å². The lowest BCUT2D eigenvalue weighted by molar-refractivity contribution is -0.129. The van der Waals surface area contributed by atoms with Crippen molar-refractivity contribution < 1.29 is 19.1 Å². The van der Waals surface area contributed by atoms with Gasteiger partial charge in [-0.2, -0.15) is 0 Å². The number of likely N-dealkylation sites (N-methyl/N-ethyl adjacent to an activating group) is 1. The third-order valence-corrected chi connectivity index (χ3v) is 5.86. The Kier molecular flexibility index (Phi) is 5.91. The van der Waals surface area contributed by atoms with Crippen molar-refractivity contribution in [3.05, 3.63) is 83.3 Å². The lowest BCUT2D eigenvalue weighted by Crippen LogP contribution is -2.38. The van der Waals surface area contributed by atoms with E-state index in [0.717, 1.165) is 24.0 Å². The van der Waals surface area contributed by atoms with E-state index in [2.05, 4.69) is 18.7 Å². The Morgan fingerprint density at radius 2 is 1.74 bits per heavy atom. The lowest BCUT2D eigenvalue weighted by Gasteiger charge is -2.29. The molecule has 0 fully saturated rings. The second-order valence-electron chi connectivity index (χ2n) is 7.58. The molecule has 1 aliphatic heterocycles. The average Bonchev–Trinajstić information content (AvgIpc) is 3.34. The molecule has 6 heteroatoms. The lowest BCUT2D eigenvalue weighted by atomic mass is 9.95. The molecule has 0 aliphatic carbocycles. The van der Waals surface area contributed by atoms with Crippen LogP contribution in [0.5, 0.6) is 0 Å². The van der Waals surface area contributed by atoms with Gasteiger partial charge in [-0.3, -0.25) is 9.59 Å². The summed E-state index contributed by atoms with van der Waals surface area (Å²) in [7, 11) is 0. The number of aliphatic hydroxyl groups excluding tert-OH is 1. The highest BCUT2D eigenvalue weighted by molar-refractivity contribution is 6.16. The van der Waals surface area contributed by atoms with Crippen molar-refractivity contribution in [2.45, 2.75) is 19.9 Å². The third kappa shape index (κ3) is 3.86. The molecule has 6 nitrogen and oxygen atoms in total. The molecule has 0 bridgehead atoms. The van der Waals surface area contributed by atoms with Crippen LogP contribution in [0.2, 0.25) is 0 Å². The molecule has 2 aromatic carbocycles. The summed E-state index contributed by atoms with van der Waals surface area (Å²) in [6.45, 7) is 6.91. The van der Waals surface area contributed by atoms with Crippen molar-refractivity contribution in [2.75, 3.05) is 26.2 Å². The number of fused-ring (bicyclic) bond motifs is 1. The smallest absolute Gasteiger partial charge is 0.290 e. The number of carbonyl (C=O) groups excluding carboxylic acids is 2. The van der Waals surface area contributed by atoms with Crippen LogP contribution in [0.15, 0.2) is 76.4 Å². The molecule has 31 heavy (non-hydrogen) atoms. The van der Waals surface area contributed by atoms with Gasteiger partial charge in [0.2, 0.25) is 5.78 Å². The topological polar surface area (TPSA) is 74.0 Å². The third-order valence-electron chi connectivity index (χ3n) is 5.86. The second-order valence-corrected chi connectivity index (χ2v) is 7.58. The van der Waals surface area contributed by atoms with Crippen molar-refractivity contribution in [2.24, 2.45) is 0 Å². The van der Waals surface area contributed by atoms with Crippen LogP contribution in [0.3, 0.4) is 0 Å². The standard InChI is InChI=1S/C25H26N2O4/c1-3-26(4-2)14-15-27-22(17-10-6-5-7-11-17)21(24(29)25(27)30)23(28)20-16-18-12-8-9-13-19(18)31-20/h5-13,16,22,29H,3-4,14-15H2,1-2H3/t22-/m1/s1.